The summed E-state index contributed by atoms with van der Waals surface area (Å²) in [6.07, 6.45) is 18.7. The SMILES string of the molecule is CC[C@@H](CC[C@@H](C)[C@H]1CC[C@H]2[C@@H]3CC=C4C[C@@H](O[Si](C)(C)C)CC[C@]4(C)[C@H]3CC[C@]12C)C(C)C. The van der Waals surface area contributed by atoms with E-state index in [4.69, 9.17) is 4.43 Å². The molecule has 9 atom stereocenters. The van der Waals surface area contributed by atoms with Gasteiger partial charge in [0.2, 0.25) is 0 Å². The van der Waals surface area contributed by atoms with Crippen molar-refractivity contribution in [3.8, 4) is 0 Å². The van der Waals surface area contributed by atoms with Crippen LogP contribution in [0.25, 0.3) is 0 Å². The molecule has 0 aromatic rings. The van der Waals surface area contributed by atoms with Crippen molar-refractivity contribution in [1.29, 1.82) is 0 Å². The topological polar surface area (TPSA) is 9.23 Å². The Bertz CT molecular complexity index is 734. The van der Waals surface area contributed by atoms with Crippen LogP contribution in [0.15, 0.2) is 11.6 Å². The molecule has 34 heavy (non-hydrogen) atoms. The van der Waals surface area contributed by atoms with Crippen molar-refractivity contribution in [2.45, 2.75) is 138 Å². The van der Waals surface area contributed by atoms with E-state index in [0.29, 0.717) is 16.9 Å². The quantitative estimate of drug-likeness (QED) is 0.245. The Morgan fingerprint density at radius 1 is 0.971 bits per heavy atom. The highest BCUT2D eigenvalue weighted by Gasteiger charge is 2.59. The van der Waals surface area contributed by atoms with Gasteiger partial charge in [-0.1, -0.05) is 66.0 Å². The van der Waals surface area contributed by atoms with Gasteiger partial charge in [0.15, 0.2) is 8.32 Å². The number of hydrogen-bond donors (Lipinski definition) is 0. The normalized spacial score (nSPS) is 41.9. The fraction of sp³-hybridized carbons (Fsp3) is 0.938. The Morgan fingerprint density at radius 3 is 2.35 bits per heavy atom. The van der Waals surface area contributed by atoms with Crippen molar-refractivity contribution in [2.75, 3.05) is 0 Å². The summed E-state index contributed by atoms with van der Waals surface area (Å²) in [5.41, 5.74) is 2.84. The first-order valence-corrected chi connectivity index (χ1v) is 18.7. The zero-order valence-electron chi connectivity index (χ0n) is 24.4. The fourth-order valence-electron chi connectivity index (χ4n) is 9.89. The van der Waals surface area contributed by atoms with E-state index in [1.165, 1.54) is 70.6 Å². The number of allylic oxidation sites excluding steroid dienone is 1. The molecule has 2 heteroatoms. The van der Waals surface area contributed by atoms with E-state index in [2.05, 4.69) is 67.3 Å². The van der Waals surface area contributed by atoms with Crippen LogP contribution in [0.1, 0.15) is 112 Å². The number of hydrogen-bond acceptors (Lipinski definition) is 1. The molecule has 0 radical (unpaired) electrons. The second kappa shape index (κ2) is 10.00. The first-order chi connectivity index (χ1) is 15.9. The molecule has 4 rings (SSSR count). The summed E-state index contributed by atoms with van der Waals surface area (Å²) in [5, 5.41) is 0. The Balaban J connectivity index is 1.45. The van der Waals surface area contributed by atoms with E-state index in [-0.39, 0.29) is 0 Å². The van der Waals surface area contributed by atoms with Crippen LogP contribution in [0.5, 0.6) is 0 Å². The highest BCUT2D eigenvalue weighted by atomic mass is 28.4. The first kappa shape index (κ1) is 27.0. The molecular formula is C32H58OSi. The van der Waals surface area contributed by atoms with Gasteiger partial charge in [0.1, 0.15) is 0 Å². The van der Waals surface area contributed by atoms with Crippen LogP contribution in [0.2, 0.25) is 19.6 Å². The average molecular weight is 487 g/mol. The molecule has 0 aromatic heterocycles. The Kier molecular flexibility index (Phi) is 7.93. The summed E-state index contributed by atoms with van der Waals surface area (Å²) in [6, 6.07) is 0. The fourth-order valence-corrected chi connectivity index (χ4v) is 11.1. The molecule has 1 nitrogen and oxygen atoms in total. The Morgan fingerprint density at radius 2 is 1.71 bits per heavy atom. The molecule has 4 aliphatic carbocycles. The number of rotatable bonds is 8. The summed E-state index contributed by atoms with van der Waals surface area (Å²) < 4.78 is 6.59. The van der Waals surface area contributed by atoms with Gasteiger partial charge in [-0.05, 0) is 130 Å². The van der Waals surface area contributed by atoms with Crippen molar-refractivity contribution in [3.05, 3.63) is 11.6 Å². The molecule has 0 unspecified atom stereocenters. The molecule has 0 aliphatic heterocycles. The third kappa shape index (κ3) is 5.03. The second-order valence-corrected chi connectivity index (χ2v) is 19.5. The van der Waals surface area contributed by atoms with Crippen molar-refractivity contribution in [2.24, 2.45) is 52.3 Å². The molecule has 3 saturated carbocycles. The van der Waals surface area contributed by atoms with E-state index >= 15 is 0 Å². The molecule has 3 fully saturated rings. The van der Waals surface area contributed by atoms with Crippen LogP contribution >= 0.6 is 0 Å². The highest BCUT2D eigenvalue weighted by Crippen LogP contribution is 2.67. The maximum absolute atomic E-state index is 6.59. The van der Waals surface area contributed by atoms with Gasteiger partial charge in [-0.25, -0.2) is 0 Å². The van der Waals surface area contributed by atoms with Gasteiger partial charge in [0.05, 0.1) is 0 Å². The first-order valence-electron chi connectivity index (χ1n) is 15.3. The van der Waals surface area contributed by atoms with Crippen LogP contribution in [0.4, 0.5) is 0 Å². The molecule has 0 spiro atoms. The van der Waals surface area contributed by atoms with E-state index in [1.807, 2.05) is 0 Å². The predicted octanol–water partition coefficient (Wildman–Crippen LogP) is 9.88. The van der Waals surface area contributed by atoms with Crippen LogP contribution in [0, 0.1) is 52.3 Å². The van der Waals surface area contributed by atoms with E-state index in [1.54, 1.807) is 5.57 Å². The highest BCUT2D eigenvalue weighted by molar-refractivity contribution is 6.69. The largest absolute Gasteiger partial charge is 0.414 e. The van der Waals surface area contributed by atoms with Crippen molar-refractivity contribution in [3.63, 3.8) is 0 Å². The lowest BCUT2D eigenvalue weighted by Crippen LogP contribution is -2.51. The maximum atomic E-state index is 6.59. The van der Waals surface area contributed by atoms with Gasteiger partial charge in [-0.3, -0.25) is 0 Å². The number of fused-ring (bicyclic) bond motifs is 5. The van der Waals surface area contributed by atoms with Gasteiger partial charge >= 0.3 is 0 Å². The molecule has 0 amide bonds. The minimum Gasteiger partial charge on any atom is -0.414 e. The Hall–Kier alpha value is -0.0831. The lowest BCUT2D eigenvalue weighted by atomic mass is 9.47. The van der Waals surface area contributed by atoms with Crippen LogP contribution < -0.4 is 0 Å². The van der Waals surface area contributed by atoms with Gasteiger partial charge < -0.3 is 4.43 Å². The summed E-state index contributed by atoms with van der Waals surface area (Å²) in [7, 11) is -1.46. The maximum Gasteiger partial charge on any atom is 0.184 e. The average Bonchev–Trinajstić information content (AvgIpc) is 3.10. The summed E-state index contributed by atoms with van der Waals surface area (Å²) >= 11 is 0. The summed E-state index contributed by atoms with van der Waals surface area (Å²) in [6.45, 7) is 22.4. The van der Waals surface area contributed by atoms with E-state index in [9.17, 15) is 0 Å². The standard InChI is InChI=1S/C32H58OSi/c1-10-24(22(2)3)12-11-23(4)28-15-16-29-27-14-13-25-21-26(33-34(7,8)9)17-19-31(25,5)30(27)18-20-32(28,29)6/h13,22-24,26-30H,10-12,14-21H2,1-9H3/t23-,24+,26+,27+,28-,29+,30+,31+,32-/m1/s1. The molecule has 0 bridgehead atoms. The third-order valence-electron chi connectivity index (χ3n) is 11.8. The third-order valence-corrected chi connectivity index (χ3v) is 12.8. The van der Waals surface area contributed by atoms with Gasteiger partial charge in [-0.15, -0.1) is 0 Å². The van der Waals surface area contributed by atoms with Crippen LogP contribution in [-0.2, 0) is 4.43 Å². The van der Waals surface area contributed by atoms with Crippen LogP contribution in [0.3, 0.4) is 0 Å². The predicted molar refractivity (Wildman–Crippen MR) is 150 cm³/mol. The van der Waals surface area contributed by atoms with E-state index in [0.717, 1.165) is 41.4 Å². The monoisotopic (exact) mass is 486 g/mol. The van der Waals surface area contributed by atoms with E-state index < -0.39 is 8.32 Å². The van der Waals surface area contributed by atoms with Crippen molar-refractivity contribution >= 4 is 8.32 Å². The molecule has 0 N–H and O–H groups in total. The minimum absolute atomic E-state index is 0.457. The molecule has 0 heterocycles. The zero-order chi connectivity index (χ0) is 24.9. The van der Waals surface area contributed by atoms with Crippen molar-refractivity contribution in [1.82, 2.24) is 0 Å². The molecule has 0 aromatic carbocycles. The smallest absolute Gasteiger partial charge is 0.184 e. The lowest BCUT2D eigenvalue weighted by molar-refractivity contribution is -0.0565. The van der Waals surface area contributed by atoms with Gasteiger partial charge in [0, 0.05) is 6.10 Å². The molecule has 0 saturated heterocycles. The van der Waals surface area contributed by atoms with Gasteiger partial charge in [-0.2, -0.15) is 0 Å². The second-order valence-electron chi connectivity index (χ2n) is 15.0. The summed E-state index contributed by atoms with van der Waals surface area (Å²) in [4.78, 5) is 0. The van der Waals surface area contributed by atoms with Gasteiger partial charge in [0.25, 0.3) is 0 Å². The Labute approximate surface area is 214 Å². The molecule has 196 valence electrons. The summed E-state index contributed by atoms with van der Waals surface area (Å²) in [5.74, 6) is 6.47. The van der Waals surface area contributed by atoms with Crippen LogP contribution in [-0.4, -0.2) is 14.4 Å². The minimum atomic E-state index is -1.46. The van der Waals surface area contributed by atoms with Crippen molar-refractivity contribution < 1.29 is 4.43 Å². The molecular weight excluding hydrogens is 428 g/mol. The molecule has 4 aliphatic rings. The lowest BCUT2D eigenvalue weighted by Gasteiger charge is -2.58. The zero-order valence-corrected chi connectivity index (χ0v) is 25.4.